The molecule has 1 saturated heterocycles. The normalized spacial score (nSPS) is 15.9. The largest absolute Gasteiger partial charge is 0.336 e. The Morgan fingerprint density at radius 2 is 1.71 bits per heavy atom. The van der Waals surface area contributed by atoms with Crippen LogP contribution in [0.3, 0.4) is 0 Å². The molecule has 1 aliphatic rings. The van der Waals surface area contributed by atoms with E-state index < -0.39 is 0 Å². The standard InChI is InChI=1S/C18H26N2O/c1-4-16-5-7-17(8-6-16)18(21)20-13-11-19(12-14-20)10-9-15(2)3/h5-9H,4,10-14H2,1-3H3. The quantitative estimate of drug-likeness (QED) is 0.795. The van der Waals surface area contributed by atoms with E-state index in [2.05, 4.69) is 43.9 Å². The maximum Gasteiger partial charge on any atom is 0.253 e. The molecular weight excluding hydrogens is 260 g/mol. The molecular formula is C18H26N2O. The molecule has 1 amide bonds. The van der Waals surface area contributed by atoms with Crippen LogP contribution >= 0.6 is 0 Å². The predicted octanol–water partition coefficient (Wildman–Crippen LogP) is 2.97. The lowest BCUT2D eigenvalue weighted by atomic mass is 10.1. The second kappa shape index (κ2) is 7.41. The minimum atomic E-state index is 0.166. The Hall–Kier alpha value is -1.61. The van der Waals surface area contributed by atoms with Crippen LogP contribution in [0.25, 0.3) is 0 Å². The second-order valence-electron chi connectivity index (χ2n) is 5.92. The van der Waals surface area contributed by atoms with Crippen molar-refractivity contribution in [3.63, 3.8) is 0 Å². The number of aryl methyl sites for hydroxylation is 1. The molecule has 3 heteroatoms. The zero-order chi connectivity index (χ0) is 15.2. The van der Waals surface area contributed by atoms with Gasteiger partial charge in [0.1, 0.15) is 0 Å². The lowest BCUT2D eigenvalue weighted by molar-refractivity contribution is 0.0650. The first-order chi connectivity index (χ1) is 10.1. The van der Waals surface area contributed by atoms with E-state index in [1.54, 1.807) is 0 Å². The van der Waals surface area contributed by atoms with Gasteiger partial charge in [0, 0.05) is 38.3 Å². The maximum absolute atomic E-state index is 12.5. The minimum Gasteiger partial charge on any atom is -0.336 e. The van der Waals surface area contributed by atoms with E-state index in [1.807, 2.05) is 17.0 Å². The van der Waals surface area contributed by atoms with Crippen molar-refractivity contribution in [2.45, 2.75) is 27.2 Å². The third kappa shape index (κ3) is 4.43. The number of carbonyl (C=O) groups is 1. The number of nitrogens with zero attached hydrogens (tertiary/aromatic N) is 2. The van der Waals surface area contributed by atoms with Gasteiger partial charge in [-0.15, -0.1) is 0 Å². The van der Waals surface area contributed by atoms with Crippen LogP contribution in [0.4, 0.5) is 0 Å². The van der Waals surface area contributed by atoms with E-state index in [4.69, 9.17) is 0 Å². The van der Waals surface area contributed by atoms with E-state index in [0.717, 1.165) is 44.7 Å². The topological polar surface area (TPSA) is 23.6 Å². The molecule has 3 nitrogen and oxygen atoms in total. The lowest BCUT2D eigenvalue weighted by Gasteiger charge is -2.34. The van der Waals surface area contributed by atoms with Crippen LogP contribution < -0.4 is 0 Å². The van der Waals surface area contributed by atoms with E-state index >= 15 is 0 Å². The second-order valence-corrected chi connectivity index (χ2v) is 5.92. The Bertz CT molecular complexity index is 492. The van der Waals surface area contributed by atoms with Crippen molar-refractivity contribution in [3.05, 3.63) is 47.0 Å². The molecule has 0 saturated carbocycles. The molecule has 0 spiro atoms. The lowest BCUT2D eigenvalue weighted by Crippen LogP contribution is -2.48. The van der Waals surface area contributed by atoms with Crippen molar-refractivity contribution in [3.8, 4) is 0 Å². The summed E-state index contributed by atoms with van der Waals surface area (Å²) in [5.41, 5.74) is 3.44. The molecule has 0 atom stereocenters. The molecule has 0 aromatic heterocycles. The first-order valence-electron chi connectivity index (χ1n) is 7.84. The molecule has 1 heterocycles. The van der Waals surface area contributed by atoms with Crippen molar-refractivity contribution < 1.29 is 4.79 Å². The smallest absolute Gasteiger partial charge is 0.253 e. The van der Waals surface area contributed by atoms with Gasteiger partial charge in [-0.2, -0.15) is 0 Å². The highest BCUT2D eigenvalue weighted by Gasteiger charge is 2.21. The summed E-state index contributed by atoms with van der Waals surface area (Å²) < 4.78 is 0. The monoisotopic (exact) mass is 286 g/mol. The number of rotatable bonds is 4. The first-order valence-corrected chi connectivity index (χ1v) is 7.84. The van der Waals surface area contributed by atoms with Gasteiger partial charge in [0.05, 0.1) is 0 Å². The van der Waals surface area contributed by atoms with Crippen LogP contribution in [0.1, 0.15) is 36.7 Å². The number of piperazine rings is 1. The summed E-state index contributed by atoms with van der Waals surface area (Å²) in [5, 5.41) is 0. The Labute approximate surface area is 128 Å². The van der Waals surface area contributed by atoms with E-state index in [9.17, 15) is 4.79 Å². The molecule has 0 aliphatic carbocycles. The molecule has 1 aromatic carbocycles. The van der Waals surface area contributed by atoms with Gasteiger partial charge in [-0.3, -0.25) is 9.69 Å². The molecule has 2 rings (SSSR count). The van der Waals surface area contributed by atoms with E-state index in [-0.39, 0.29) is 5.91 Å². The summed E-state index contributed by atoms with van der Waals surface area (Å²) in [6.07, 6.45) is 3.26. The zero-order valence-corrected chi connectivity index (χ0v) is 13.4. The van der Waals surface area contributed by atoms with Gasteiger partial charge in [0.25, 0.3) is 5.91 Å². The van der Waals surface area contributed by atoms with Crippen molar-refractivity contribution in [2.24, 2.45) is 0 Å². The van der Waals surface area contributed by atoms with E-state index in [0.29, 0.717) is 0 Å². The van der Waals surface area contributed by atoms with Gasteiger partial charge in [-0.25, -0.2) is 0 Å². The number of benzene rings is 1. The predicted molar refractivity (Wildman–Crippen MR) is 87.6 cm³/mol. The Morgan fingerprint density at radius 1 is 1.10 bits per heavy atom. The number of amides is 1. The number of allylic oxidation sites excluding steroid dienone is 1. The average molecular weight is 286 g/mol. The fourth-order valence-electron chi connectivity index (χ4n) is 2.51. The summed E-state index contributed by atoms with van der Waals surface area (Å²) >= 11 is 0. The van der Waals surface area contributed by atoms with Gasteiger partial charge in [-0.1, -0.05) is 30.7 Å². The highest BCUT2D eigenvalue weighted by atomic mass is 16.2. The molecule has 0 unspecified atom stereocenters. The van der Waals surface area contributed by atoms with Crippen LogP contribution in [0, 0.1) is 0 Å². The molecule has 1 aromatic rings. The number of carbonyl (C=O) groups excluding carboxylic acids is 1. The van der Waals surface area contributed by atoms with Gasteiger partial charge < -0.3 is 4.90 Å². The average Bonchev–Trinajstić information content (AvgIpc) is 2.53. The third-order valence-corrected chi connectivity index (χ3v) is 4.03. The van der Waals surface area contributed by atoms with Gasteiger partial charge in [0.15, 0.2) is 0 Å². The summed E-state index contributed by atoms with van der Waals surface area (Å²) in [7, 11) is 0. The van der Waals surface area contributed by atoms with Gasteiger partial charge in [0.2, 0.25) is 0 Å². The summed E-state index contributed by atoms with van der Waals surface area (Å²) in [4.78, 5) is 16.8. The zero-order valence-electron chi connectivity index (χ0n) is 13.4. The Balaban J connectivity index is 1.89. The van der Waals surface area contributed by atoms with Crippen molar-refractivity contribution in [1.82, 2.24) is 9.80 Å². The van der Waals surface area contributed by atoms with Crippen molar-refractivity contribution in [1.29, 1.82) is 0 Å². The third-order valence-electron chi connectivity index (χ3n) is 4.03. The van der Waals surface area contributed by atoms with Crippen LogP contribution in [0.2, 0.25) is 0 Å². The number of hydrogen-bond acceptors (Lipinski definition) is 2. The van der Waals surface area contributed by atoms with E-state index in [1.165, 1.54) is 11.1 Å². The van der Waals surface area contributed by atoms with Crippen LogP contribution in [-0.2, 0) is 6.42 Å². The van der Waals surface area contributed by atoms with Crippen LogP contribution in [0.5, 0.6) is 0 Å². The molecule has 21 heavy (non-hydrogen) atoms. The van der Waals surface area contributed by atoms with Crippen molar-refractivity contribution in [2.75, 3.05) is 32.7 Å². The Morgan fingerprint density at radius 3 is 2.24 bits per heavy atom. The number of hydrogen-bond donors (Lipinski definition) is 0. The molecule has 0 radical (unpaired) electrons. The SMILES string of the molecule is CCc1ccc(C(=O)N2CCN(CC=C(C)C)CC2)cc1. The van der Waals surface area contributed by atoms with Crippen molar-refractivity contribution >= 4 is 5.91 Å². The molecule has 0 bridgehead atoms. The highest BCUT2D eigenvalue weighted by Crippen LogP contribution is 2.11. The van der Waals surface area contributed by atoms with Gasteiger partial charge in [-0.05, 0) is 38.0 Å². The summed E-state index contributed by atoms with van der Waals surface area (Å²) in [6.45, 7) is 10.9. The molecule has 0 N–H and O–H groups in total. The fourth-order valence-corrected chi connectivity index (χ4v) is 2.51. The summed E-state index contributed by atoms with van der Waals surface area (Å²) in [5.74, 6) is 0.166. The highest BCUT2D eigenvalue weighted by molar-refractivity contribution is 5.94. The minimum absolute atomic E-state index is 0.166. The first kappa shape index (κ1) is 15.8. The van der Waals surface area contributed by atoms with Crippen LogP contribution in [-0.4, -0.2) is 48.4 Å². The molecule has 114 valence electrons. The maximum atomic E-state index is 12.5. The molecule has 1 fully saturated rings. The Kier molecular flexibility index (Phi) is 5.57. The van der Waals surface area contributed by atoms with Crippen LogP contribution in [0.15, 0.2) is 35.9 Å². The molecule has 1 aliphatic heterocycles. The summed E-state index contributed by atoms with van der Waals surface area (Å²) in [6, 6.07) is 8.02. The fraction of sp³-hybridized carbons (Fsp3) is 0.500. The van der Waals surface area contributed by atoms with Gasteiger partial charge >= 0.3 is 0 Å².